The summed E-state index contributed by atoms with van der Waals surface area (Å²) < 4.78 is 11.1. The maximum absolute atomic E-state index is 12.6. The lowest BCUT2D eigenvalue weighted by atomic mass is 9.92. The number of hydrogen-bond acceptors (Lipinski definition) is 5. The summed E-state index contributed by atoms with van der Waals surface area (Å²) in [6.07, 6.45) is 0.893. The van der Waals surface area contributed by atoms with E-state index in [1.54, 1.807) is 6.92 Å². The molecule has 1 aliphatic rings. The lowest BCUT2D eigenvalue weighted by Crippen LogP contribution is -2.16. The molecule has 0 saturated heterocycles. The Bertz CT molecular complexity index is 1390. The second-order valence-electron chi connectivity index (χ2n) is 9.24. The van der Waals surface area contributed by atoms with Crippen LogP contribution in [0.2, 0.25) is 0 Å². The molecule has 4 aromatic rings. The minimum atomic E-state index is -0.574. The minimum absolute atomic E-state index is 0.241. The fourth-order valence-corrected chi connectivity index (χ4v) is 4.46. The Morgan fingerprint density at radius 1 is 1.00 bits per heavy atom. The van der Waals surface area contributed by atoms with Crippen LogP contribution in [0, 0.1) is 6.92 Å². The smallest absolute Gasteiger partial charge is 0.412 e. The summed E-state index contributed by atoms with van der Waals surface area (Å²) in [5, 5.41) is 16.8. The fraction of sp³-hybridized carbons (Fsp3) is 0.200. The van der Waals surface area contributed by atoms with Crippen molar-refractivity contribution < 1.29 is 19.2 Å². The first kappa shape index (κ1) is 23.4. The van der Waals surface area contributed by atoms with Crippen LogP contribution >= 0.6 is 0 Å². The summed E-state index contributed by atoms with van der Waals surface area (Å²) in [7, 11) is 0. The van der Waals surface area contributed by atoms with Crippen molar-refractivity contribution in [2.24, 2.45) is 0 Å². The summed E-state index contributed by atoms with van der Waals surface area (Å²) in [5.74, 6) is 0.709. The Kier molecular flexibility index (Phi) is 6.10. The van der Waals surface area contributed by atoms with E-state index in [0.29, 0.717) is 17.1 Å². The number of aliphatic hydroxyl groups excluding tert-OH is 1. The van der Waals surface area contributed by atoms with E-state index in [4.69, 9.17) is 9.26 Å². The first-order valence-electron chi connectivity index (χ1n) is 12.0. The number of ether oxygens (including phenoxy) is 1. The number of anilines is 1. The number of benzene rings is 3. The van der Waals surface area contributed by atoms with Gasteiger partial charge in [0.1, 0.15) is 17.5 Å². The Hall–Kier alpha value is -4.32. The van der Waals surface area contributed by atoms with Crippen LogP contribution in [0.3, 0.4) is 0 Å². The molecule has 182 valence electrons. The monoisotopic (exact) mass is 480 g/mol. The third kappa shape index (κ3) is 4.50. The van der Waals surface area contributed by atoms with Crippen LogP contribution in [0.25, 0.3) is 22.5 Å². The SMILES string of the molecule is C=C(O)C1(c2ccc(-c3ccc(-c4onc(C)c4NC(=O)OC(C)c4ccccc4)cc3)cc2)CC1. The predicted molar refractivity (Wildman–Crippen MR) is 140 cm³/mol. The van der Waals surface area contributed by atoms with Gasteiger partial charge in [0.2, 0.25) is 0 Å². The van der Waals surface area contributed by atoms with Gasteiger partial charge in [-0.2, -0.15) is 0 Å². The van der Waals surface area contributed by atoms with Gasteiger partial charge in [0.25, 0.3) is 0 Å². The Morgan fingerprint density at radius 3 is 2.17 bits per heavy atom. The number of carbonyl (C=O) groups excluding carboxylic acids is 1. The van der Waals surface area contributed by atoms with E-state index >= 15 is 0 Å². The quantitative estimate of drug-likeness (QED) is 0.264. The molecule has 0 spiro atoms. The minimum Gasteiger partial charge on any atom is -0.512 e. The van der Waals surface area contributed by atoms with Gasteiger partial charge >= 0.3 is 6.09 Å². The molecule has 3 aromatic carbocycles. The van der Waals surface area contributed by atoms with Gasteiger partial charge in [0.05, 0.1) is 11.2 Å². The van der Waals surface area contributed by atoms with Gasteiger partial charge in [-0.25, -0.2) is 4.79 Å². The van der Waals surface area contributed by atoms with Crippen molar-refractivity contribution in [2.45, 2.75) is 38.2 Å². The van der Waals surface area contributed by atoms with Crippen LogP contribution in [0.15, 0.2) is 95.7 Å². The van der Waals surface area contributed by atoms with Gasteiger partial charge in [-0.05, 0) is 48.9 Å². The number of allylic oxidation sites excluding steroid dienone is 1. The maximum atomic E-state index is 12.6. The van der Waals surface area contributed by atoms with Crippen LogP contribution in [0.4, 0.5) is 10.5 Å². The Labute approximate surface area is 210 Å². The molecule has 1 saturated carbocycles. The molecule has 1 unspecified atom stereocenters. The van der Waals surface area contributed by atoms with Crippen LogP contribution in [0.5, 0.6) is 0 Å². The highest BCUT2D eigenvalue weighted by Gasteiger charge is 2.47. The first-order valence-corrected chi connectivity index (χ1v) is 12.0. The van der Waals surface area contributed by atoms with Gasteiger partial charge in [-0.3, -0.25) is 5.32 Å². The molecule has 1 atom stereocenters. The molecule has 0 bridgehead atoms. The Morgan fingerprint density at radius 2 is 1.58 bits per heavy atom. The van der Waals surface area contributed by atoms with E-state index in [0.717, 1.165) is 40.7 Å². The molecule has 1 aromatic heterocycles. The molecule has 1 fully saturated rings. The molecular formula is C30H28N2O4. The molecule has 5 rings (SSSR count). The number of aliphatic hydroxyl groups is 1. The zero-order valence-corrected chi connectivity index (χ0v) is 20.3. The van der Waals surface area contributed by atoms with Crippen molar-refractivity contribution in [2.75, 3.05) is 5.32 Å². The van der Waals surface area contributed by atoms with Crippen LogP contribution in [-0.4, -0.2) is 16.4 Å². The molecule has 1 aliphatic carbocycles. The van der Waals surface area contributed by atoms with Crippen molar-refractivity contribution in [3.05, 3.63) is 108 Å². The maximum Gasteiger partial charge on any atom is 0.412 e. The highest BCUT2D eigenvalue weighted by atomic mass is 16.6. The van der Waals surface area contributed by atoms with Crippen LogP contribution in [-0.2, 0) is 10.2 Å². The Balaban J connectivity index is 1.30. The van der Waals surface area contributed by atoms with Gasteiger partial charge in [-0.15, -0.1) is 0 Å². The molecular weight excluding hydrogens is 452 g/mol. The largest absolute Gasteiger partial charge is 0.512 e. The number of hydrogen-bond donors (Lipinski definition) is 2. The average molecular weight is 481 g/mol. The first-order chi connectivity index (χ1) is 17.4. The van der Waals surface area contributed by atoms with Crippen LogP contribution in [0.1, 0.15) is 42.7 Å². The number of nitrogens with one attached hydrogen (secondary N) is 1. The third-order valence-electron chi connectivity index (χ3n) is 6.86. The van der Waals surface area contributed by atoms with E-state index in [1.807, 2.05) is 61.5 Å². The fourth-order valence-electron chi connectivity index (χ4n) is 4.46. The highest BCUT2D eigenvalue weighted by molar-refractivity contribution is 5.91. The summed E-state index contributed by atoms with van der Waals surface area (Å²) in [4.78, 5) is 12.6. The van der Waals surface area contributed by atoms with Gasteiger partial charge in [0.15, 0.2) is 5.76 Å². The summed E-state index contributed by atoms with van der Waals surface area (Å²) in [5.41, 5.74) is 5.68. The number of rotatable bonds is 7. The van der Waals surface area contributed by atoms with E-state index in [2.05, 4.69) is 41.3 Å². The number of amides is 1. The van der Waals surface area contributed by atoms with Crippen molar-refractivity contribution in [1.29, 1.82) is 0 Å². The van der Waals surface area contributed by atoms with E-state index in [1.165, 1.54) is 0 Å². The van der Waals surface area contributed by atoms with Crippen molar-refractivity contribution in [1.82, 2.24) is 5.16 Å². The van der Waals surface area contributed by atoms with Gasteiger partial charge in [-0.1, -0.05) is 90.6 Å². The zero-order chi connectivity index (χ0) is 25.3. The molecule has 0 aliphatic heterocycles. The van der Waals surface area contributed by atoms with E-state index in [9.17, 15) is 9.90 Å². The molecule has 1 heterocycles. The topological polar surface area (TPSA) is 84.6 Å². The summed E-state index contributed by atoms with van der Waals surface area (Å²) in [6, 6.07) is 25.7. The average Bonchev–Trinajstić information content (AvgIpc) is 3.64. The lowest BCUT2D eigenvalue weighted by molar-refractivity contribution is 0.121. The third-order valence-corrected chi connectivity index (χ3v) is 6.86. The normalized spacial score (nSPS) is 14.6. The highest BCUT2D eigenvalue weighted by Crippen LogP contribution is 2.52. The number of aryl methyl sites for hydroxylation is 1. The second-order valence-corrected chi connectivity index (χ2v) is 9.24. The second kappa shape index (κ2) is 9.38. The van der Waals surface area contributed by atoms with E-state index in [-0.39, 0.29) is 11.2 Å². The van der Waals surface area contributed by atoms with Crippen LogP contribution < -0.4 is 5.32 Å². The number of aromatic nitrogens is 1. The van der Waals surface area contributed by atoms with E-state index < -0.39 is 12.2 Å². The van der Waals surface area contributed by atoms with Crippen molar-refractivity contribution >= 4 is 11.8 Å². The molecule has 0 radical (unpaired) electrons. The summed E-state index contributed by atoms with van der Waals surface area (Å²) >= 11 is 0. The van der Waals surface area contributed by atoms with Crippen molar-refractivity contribution in [3.63, 3.8) is 0 Å². The molecule has 2 N–H and O–H groups in total. The molecule has 6 nitrogen and oxygen atoms in total. The number of carbonyl (C=O) groups is 1. The molecule has 36 heavy (non-hydrogen) atoms. The summed E-state index contributed by atoms with van der Waals surface area (Å²) in [6.45, 7) is 7.34. The van der Waals surface area contributed by atoms with Crippen molar-refractivity contribution in [3.8, 4) is 22.5 Å². The zero-order valence-electron chi connectivity index (χ0n) is 20.3. The standard InChI is InChI=1S/C30H28N2O4/c1-19-27(31-29(34)35-20(2)22-7-5-4-6-8-22)28(36-32-19)25-11-9-23(10-12-25)24-13-15-26(16-14-24)30(17-18-30)21(3)33/h4-16,20,33H,3,17-18H2,1-2H3,(H,31,34). The van der Waals surface area contributed by atoms with Gasteiger partial charge < -0.3 is 14.4 Å². The lowest BCUT2D eigenvalue weighted by Gasteiger charge is -2.15. The van der Waals surface area contributed by atoms with Gasteiger partial charge in [0, 0.05) is 5.56 Å². The molecule has 1 amide bonds. The predicted octanol–water partition coefficient (Wildman–Crippen LogP) is 7.73. The molecule has 6 heteroatoms. The number of nitrogens with zero attached hydrogens (tertiary/aromatic N) is 1.